The van der Waals surface area contributed by atoms with Crippen LogP contribution in [0.2, 0.25) is 0 Å². The molecule has 0 atom stereocenters. The molecule has 0 saturated carbocycles. The Labute approximate surface area is 194 Å². The third kappa shape index (κ3) is 5.38. The van der Waals surface area contributed by atoms with E-state index in [4.69, 9.17) is 4.74 Å². The number of benzene rings is 3. The van der Waals surface area contributed by atoms with Crippen molar-refractivity contribution in [2.45, 2.75) is 4.90 Å². The van der Waals surface area contributed by atoms with Gasteiger partial charge in [-0.15, -0.1) is 0 Å². The summed E-state index contributed by atoms with van der Waals surface area (Å²) in [5, 5.41) is 11.5. The minimum Gasteiger partial charge on any atom is -0.466 e. The third-order valence-corrected chi connectivity index (χ3v) is 6.51. The predicted molar refractivity (Wildman–Crippen MR) is 123 cm³/mol. The van der Waals surface area contributed by atoms with Gasteiger partial charge in [-0.1, -0.05) is 18.2 Å². The summed E-state index contributed by atoms with van der Waals surface area (Å²) in [4.78, 5) is 21.6. The summed E-state index contributed by atoms with van der Waals surface area (Å²) in [7, 11) is -1.65. The van der Waals surface area contributed by atoms with E-state index in [0.717, 1.165) is 16.4 Å². The fourth-order valence-corrected chi connectivity index (χ4v) is 4.15. The number of carbonyl (C=O) groups excluding carboxylic acids is 1. The molecule has 11 heteroatoms. The van der Waals surface area contributed by atoms with E-state index >= 15 is 0 Å². The first-order chi connectivity index (χ1) is 16.1. The van der Waals surface area contributed by atoms with Gasteiger partial charge in [0.2, 0.25) is 5.75 Å². The molecule has 0 bridgehead atoms. The summed E-state index contributed by atoms with van der Waals surface area (Å²) >= 11 is 0. The largest absolute Gasteiger partial charge is 0.466 e. The summed E-state index contributed by atoms with van der Waals surface area (Å²) in [6.07, 6.45) is 2.49. The number of carbonyl (C=O) groups is 1. The zero-order chi connectivity index (χ0) is 24.9. The molecular formula is C23H19FN2O7S. The molecule has 0 aromatic heterocycles. The van der Waals surface area contributed by atoms with Crippen molar-refractivity contribution in [3.8, 4) is 11.5 Å². The highest BCUT2D eigenvalue weighted by Gasteiger charge is 2.24. The number of methoxy groups -OCH3 is 1. The number of nitrogens with zero attached hydrogens (tertiary/aromatic N) is 2. The van der Waals surface area contributed by atoms with Gasteiger partial charge in [-0.3, -0.25) is 14.4 Å². The number of rotatable bonds is 8. The van der Waals surface area contributed by atoms with Gasteiger partial charge in [0, 0.05) is 19.2 Å². The number of nitro benzene ring substituents is 1. The quantitative estimate of drug-likeness (QED) is 0.199. The Bertz CT molecular complexity index is 1360. The predicted octanol–water partition coefficient (Wildman–Crippen LogP) is 4.54. The van der Waals surface area contributed by atoms with Crippen molar-refractivity contribution in [3.05, 3.63) is 94.3 Å². The fourth-order valence-electron chi connectivity index (χ4n) is 2.89. The van der Waals surface area contributed by atoms with Crippen LogP contribution in [0.3, 0.4) is 0 Å². The van der Waals surface area contributed by atoms with Gasteiger partial charge in [0.15, 0.2) is 0 Å². The molecule has 0 unspecified atom stereocenters. The summed E-state index contributed by atoms with van der Waals surface area (Å²) in [5.41, 5.74) is 0.281. The van der Waals surface area contributed by atoms with Gasteiger partial charge in [-0.05, 0) is 54.1 Å². The van der Waals surface area contributed by atoms with Crippen molar-refractivity contribution < 1.29 is 32.0 Å². The normalized spacial score (nSPS) is 11.3. The molecule has 0 fully saturated rings. The number of sulfonamides is 1. The van der Waals surface area contributed by atoms with E-state index in [1.165, 1.54) is 80.9 Å². The Morgan fingerprint density at radius 2 is 1.76 bits per heavy atom. The lowest BCUT2D eigenvalue weighted by molar-refractivity contribution is -0.385. The number of nitro groups is 1. The van der Waals surface area contributed by atoms with Gasteiger partial charge in [0.05, 0.1) is 17.7 Å². The minimum absolute atomic E-state index is 0.0553. The Kier molecular flexibility index (Phi) is 7.27. The molecule has 0 saturated heterocycles. The average Bonchev–Trinajstić information content (AvgIpc) is 2.83. The van der Waals surface area contributed by atoms with Gasteiger partial charge < -0.3 is 9.47 Å². The molecule has 0 N–H and O–H groups in total. The molecule has 176 valence electrons. The highest BCUT2D eigenvalue weighted by atomic mass is 32.2. The number of ether oxygens (including phenoxy) is 2. The summed E-state index contributed by atoms with van der Waals surface area (Å²) < 4.78 is 50.5. The maximum absolute atomic E-state index is 14.0. The summed E-state index contributed by atoms with van der Waals surface area (Å²) in [6.45, 7) is 0. The molecule has 0 spiro atoms. The smallest absolute Gasteiger partial charge is 0.330 e. The first-order valence-electron chi connectivity index (χ1n) is 9.69. The van der Waals surface area contributed by atoms with Crippen molar-refractivity contribution in [3.63, 3.8) is 0 Å². The van der Waals surface area contributed by atoms with Crippen LogP contribution in [-0.2, 0) is 19.6 Å². The average molecular weight is 486 g/mol. The molecule has 3 aromatic carbocycles. The monoisotopic (exact) mass is 486 g/mol. The molecule has 0 aliphatic carbocycles. The van der Waals surface area contributed by atoms with Crippen molar-refractivity contribution in [2.24, 2.45) is 0 Å². The van der Waals surface area contributed by atoms with Crippen LogP contribution in [0, 0.1) is 15.9 Å². The lowest BCUT2D eigenvalue weighted by Crippen LogP contribution is -2.27. The highest BCUT2D eigenvalue weighted by Crippen LogP contribution is 2.34. The third-order valence-electron chi connectivity index (χ3n) is 4.70. The summed E-state index contributed by atoms with van der Waals surface area (Å²) in [5.74, 6) is -1.32. The standard InChI is InChI=1S/C23H19FN2O7S/c1-25(34(30,31)22-6-4-3-5-19(22)24)17-9-11-18(12-10-17)33-21-13-7-16(8-14-23(27)32-2)15-20(21)26(28)29/h3-15H,1-2H3/b14-8+. The Morgan fingerprint density at radius 1 is 1.09 bits per heavy atom. The maximum Gasteiger partial charge on any atom is 0.330 e. The van der Waals surface area contributed by atoms with Crippen LogP contribution in [0.4, 0.5) is 15.8 Å². The number of anilines is 1. The molecule has 0 radical (unpaired) electrons. The van der Waals surface area contributed by atoms with E-state index < -0.39 is 31.6 Å². The Morgan fingerprint density at radius 3 is 2.38 bits per heavy atom. The molecule has 3 rings (SSSR count). The van der Waals surface area contributed by atoms with E-state index in [-0.39, 0.29) is 22.9 Å². The second-order valence-corrected chi connectivity index (χ2v) is 8.78. The first-order valence-corrected chi connectivity index (χ1v) is 11.1. The maximum atomic E-state index is 14.0. The minimum atomic E-state index is -4.14. The fraction of sp³-hybridized carbons (Fsp3) is 0.0870. The van der Waals surface area contributed by atoms with Crippen molar-refractivity contribution >= 4 is 33.4 Å². The second kappa shape index (κ2) is 10.1. The zero-order valence-corrected chi connectivity index (χ0v) is 18.9. The van der Waals surface area contributed by atoms with E-state index in [0.29, 0.717) is 5.56 Å². The zero-order valence-electron chi connectivity index (χ0n) is 18.0. The molecule has 0 heterocycles. The molecule has 34 heavy (non-hydrogen) atoms. The van der Waals surface area contributed by atoms with Crippen LogP contribution in [-0.4, -0.2) is 33.5 Å². The second-order valence-electron chi connectivity index (χ2n) is 6.84. The number of hydrogen-bond donors (Lipinski definition) is 0. The summed E-state index contributed by atoms with van der Waals surface area (Å²) in [6, 6.07) is 14.9. The number of hydrogen-bond acceptors (Lipinski definition) is 7. The van der Waals surface area contributed by atoms with Crippen molar-refractivity contribution in [2.75, 3.05) is 18.5 Å². The van der Waals surface area contributed by atoms with E-state index in [1.54, 1.807) is 0 Å². The van der Waals surface area contributed by atoms with E-state index in [1.807, 2.05) is 0 Å². The van der Waals surface area contributed by atoms with Gasteiger partial charge in [0.1, 0.15) is 16.5 Å². The highest BCUT2D eigenvalue weighted by molar-refractivity contribution is 7.92. The molecular weight excluding hydrogens is 467 g/mol. The van der Waals surface area contributed by atoms with E-state index in [2.05, 4.69) is 4.74 Å². The van der Waals surface area contributed by atoms with Crippen LogP contribution in [0.15, 0.2) is 77.7 Å². The Hall–Kier alpha value is -4.25. The van der Waals surface area contributed by atoms with Gasteiger partial charge in [0.25, 0.3) is 10.0 Å². The molecule has 0 amide bonds. The lowest BCUT2D eigenvalue weighted by atomic mass is 10.1. The van der Waals surface area contributed by atoms with Gasteiger partial charge in [-0.2, -0.15) is 0 Å². The topological polar surface area (TPSA) is 116 Å². The Balaban J connectivity index is 1.83. The SMILES string of the molecule is COC(=O)/C=C/c1ccc(Oc2ccc(N(C)S(=O)(=O)c3ccccc3F)cc2)c([N+](=O)[O-])c1. The van der Waals surface area contributed by atoms with Crippen LogP contribution in [0.1, 0.15) is 5.56 Å². The van der Waals surface area contributed by atoms with Crippen molar-refractivity contribution in [1.29, 1.82) is 0 Å². The van der Waals surface area contributed by atoms with Gasteiger partial charge >= 0.3 is 11.7 Å². The first kappa shape index (κ1) is 24.4. The van der Waals surface area contributed by atoms with Crippen LogP contribution in [0.25, 0.3) is 6.08 Å². The lowest BCUT2D eigenvalue weighted by Gasteiger charge is -2.20. The number of halogens is 1. The number of esters is 1. The van der Waals surface area contributed by atoms with Gasteiger partial charge in [-0.25, -0.2) is 17.6 Å². The molecule has 0 aliphatic rings. The van der Waals surface area contributed by atoms with Crippen LogP contribution >= 0.6 is 0 Å². The van der Waals surface area contributed by atoms with Crippen LogP contribution < -0.4 is 9.04 Å². The van der Waals surface area contributed by atoms with E-state index in [9.17, 15) is 27.7 Å². The van der Waals surface area contributed by atoms with Crippen LogP contribution in [0.5, 0.6) is 11.5 Å². The molecule has 0 aliphatic heterocycles. The molecule has 3 aromatic rings. The molecule has 9 nitrogen and oxygen atoms in total. The van der Waals surface area contributed by atoms with Crippen molar-refractivity contribution in [1.82, 2.24) is 0 Å².